The maximum absolute atomic E-state index is 13.2. The van der Waals surface area contributed by atoms with Crippen molar-refractivity contribution >= 4 is 17.7 Å². The Kier molecular flexibility index (Phi) is 8.89. The van der Waals surface area contributed by atoms with Gasteiger partial charge in [0.1, 0.15) is 5.92 Å². The summed E-state index contributed by atoms with van der Waals surface area (Å²) in [6.07, 6.45) is -0.361. The molecule has 33 heavy (non-hydrogen) atoms. The zero-order valence-electron chi connectivity index (χ0n) is 20.5. The number of carbonyl (C=O) groups is 3. The summed E-state index contributed by atoms with van der Waals surface area (Å²) in [6.45, 7) is 9.29. The lowest BCUT2D eigenvalue weighted by Gasteiger charge is -2.43. The van der Waals surface area contributed by atoms with E-state index in [1.54, 1.807) is 18.2 Å². The van der Waals surface area contributed by atoms with Crippen LogP contribution in [0.5, 0.6) is 11.5 Å². The van der Waals surface area contributed by atoms with Crippen molar-refractivity contribution in [2.24, 2.45) is 23.7 Å². The van der Waals surface area contributed by atoms with E-state index in [2.05, 4.69) is 0 Å². The summed E-state index contributed by atoms with van der Waals surface area (Å²) in [7, 11) is 2.96. The summed E-state index contributed by atoms with van der Waals surface area (Å²) in [4.78, 5) is 39.4. The Balaban J connectivity index is 2.61. The summed E-state index contributed by atoms with van der Waals surface area (Å²) in [5.41, 5.74) is -1.24. The number of aliphatic hydroxyl groups is 1. The van der Waals surface area contributed by atoms with Gasteiger partial charge < -0.3 is 24.1 Å². The van der Waals surface area contributed by atoms with Crippen molar-refractivity contribution in [2.45, 2.75) is 52.6 Å². The van der Waals surface area contributed by atoms with Crippen LogP contribution in [0.3, 0.4) is 0 Å². The molecule has 0 heterocycles. The van der Waals surface area contributed by atoms with Gasteiger partial charge in [-0.05, 0) is 36.5 Å². The molecular weight excluding hydrogens is 428 g/mol. The van der Waals surface area contributed by atoms with Gasteiger partial charge in [0.15, 0.2) is 17.3 Å². The summed E-state index contributed by atoms with van der Waals surface area (Å²) in [5, 5.41) is 11.2. The molecule has 1 aliphatic rings. The lowest BCUT2D eigenvalue weighted by atomic mass is 9.61. The van der Waals surface area contributed by atoms with Crippen LogP contribution in [0.1, 0.15) is 52.5 Å². The Labute approximate surface area is 195 Å². The maximum atomic E-state index is 13.2. The van der Waals surface area contributed by atoms with E-state index in [0.717, 1.165) is 0 Å². The number of rotatable bonds is 9. The number of benzene rings is 1. The molecule has 0 amide bonds. The molecule has 0 bridgehead atoms. The normalized spacial score (nSPS) is 25.2. The quantitative estimate of drug-likeness (QED) is 0.439. The first kappa shape index (κ1) is 26.6. The smallest absolute Gasteiger partial charge is 0.317 e. The molecule has 0 aromatic heterocycles. The lowest BCUT2D eigenvalue weighted by Crippen LogP contribution is -2.55. The Morgan fingerprint density at radius 3 is 2.06 bits per heavy atom. The predicted molar refractivity (Wildman–Crippen MR) is 121 cm³/mol. The van der Waals surface area contributed by atoms with Crippen LogP contribution in [-0.4, -0.2) is 55.9 Å². The monoisotopic (exact) mass is 464 g/mol. The summed E-state index contributed by atoms with van der Waals surface area (Å²) >= 11 is 0. The molecule has 1 N–H and O–H groups in total. The Morgan fingerprint density at radius 2 is 1.55 bits per heavy atom. The Morgan fingerprint density at radius 1 is 1.00 bits per heavy atom. The van der Waals surface area contributed by atoms with Crippen molar-refractivity contribution in [3.63, 3.8) is 0 Å². The fraction of sp³-hybridized carbons (Fsp3) is 0.640. The average Bonchev–Trinajstić information content (AvgIpc) is 2.74. The molecule has 0 aliphatic heterocycles. The Bertz CT molecular complexity index is 858. The SMILES string of the molecule is COc1ccc([C@H]2[C@H](C(=O)OCC(C)C)C(=O)C[C@](C)(O)[C@H]2C(=O)OCC(C)C)cc1OC. The van der Waals surface area contributed by atoms with Crippen LogP contribution < -0.4 is 9.47 Å². The van der Waals surface area contributed by atoms with Gasteiger partial charge in [-0.2, -0.15) is 0 Å². The highest BCUT2D eigenvalue weighted by Gasteiger charge is 2.57. The van der Waals surface area contributed by atoms with Gasteiger partial charge in [0, 0.05) is 12.3 Å². The van der Waals surface area contributed by atoms with Crippen LogP contribution in [0.15, 0.2) is 18.2 Å². The third-order valence-electron chi connectivity index (χ3n) is 5.69. The fourth-order valence-electron chi connectivity index (χ4n) is 4.15. The number of hydrogen-bond donors (Lipinski definition) is 1. The Hall–Kier alpha value is -2.61. The molecule has 4 atom stereocenters. The van der Waals surface area contributed by atoms with Crippen LogP contribution in [-0.2, 0) is 23.9 Å². The lowest BCUT2D eigenvalue weighted by molar-refractivity contribution is -0.173. The molecular formula is C25H36O8. The summed E-state index contributed by atoms with van der Waals surface area (Å²) in [5.74, 6) is -4.32. The van der Waals surface area contributed by atoms with Crippen LogP contribution in [0.25, 0.3) is 0 Å². The van der Waals surface area contributed by atoms with Crippen molar-refractivity contribution in [1.82, 2.24) is 0 Å². The van der Waals surface area contributed by atoms with Crippen molar-refractivity contribution in [3.05, 3.63) is 23.8 Å². The molecule has 0 spiro atoms. The van der Waals surface area contributed by atoms with Crippen molar-refractivity contribution < 1.29 is 38.4 Å². The molecule has 1 aliphatic carbocycles. The fourth-order valence-corrected chi connectivity index (χ4v) is 4.15. The van der Waals surface area contributed by atoms with Gasteiger partial charge in [-0.25, -0.2) is 0 Å². The van der Waals surface area contributed by atoms with Crippen LogP contribution in [0, 0.1) is 23.7 Å². The van der Waals surface area contributed by atoms with E-state index < -0.39 is 41.1 Å². The average molecular weight is 465 g/mol. The number of esters is 2. The van der Waals surface area contributed by atoms with Gasteiger partial charge in [-0.15, -0.1) is 0 Å². The van der Waals surface area contributed by atoms with Gasteiger partial charge in [0.05, 0.1) is 39.0 Å². The van der Waals surface area contributed by atoms with E-state index in [1.165, 1.54) is 21.1 Å². The minimum absolute atomic E-state index is 0.0714. The van der Waals surface area contributed by atoms with E-state index in [9.17, 15) is 19.5 Å². The second kappa shape index (κ2) is 11.0. The molecule has 0 unspecified atom stereocenters. The molecule has 1 aromatic rings. The highest BCUT2D eigenvalue weighted by Crippen LogP contribution is 2.48. The van der Waals surface area contributed by atoms with E-state index >= 15 is 0 Å². The first-order valence-electron chi connectivity index (χ1n) is 11.2. The van der Waals surface area contributed by atoms with E-state index in [4.69, 9.17) is 18.9 Å². The number of ketones is 1. The maximum Gasteiger partial charge on any atom is 0.317 e. The van der Waals surface area contributed by atoms with E-state index in [-0.39, 0.29) is 31.5 Å². The minimum atomic E-state index is -1.71. The van der Waals surface area contributed by atoms with Crippen molar-refractivity contribution in [3.8, 4) is 11.5 Å². The first-order chi connectivity index (χ1) is 15.4. The van der Waals surface area contributed by atoms with Crippen LogP contribution in [0.2, 0.25) is 0 Å². The first-order valence-corrected chi connectivity index (χ1v) is 11.2. The molecule has 1 fully saturated rings. The molecule has 184 valence electrons. The largest absolute Gasteiger partial charge is 0.493 e. The van der Waals surface area contributed by atoms with Gasteiger partial charge in [-0.3, -0.25) is 14.4 Å². The molecule has 8 heteroatoms. The third kappa shape index (κ3) is 6.25. The molecule has 2 rings (SSSR count). The number of hydrogen-bond acceptors (Lipinski definition) is 8. The number of ether oxygens (including phenoxy) is 4. The van der Waals surface area contributed by atoms with Gasteiger partial charge >= 0.3 is 11.9 Å². The topological polar surface area (TPSA) is 108 Å². The van der Waals surface area contributed by atoms with Crippen molar-refractivity contribution in [2.75, 3.05) is 27.4 Å². The van der Waals surface area contributed by atoms with Crippen molar-refractivity contribution in [1.29, 1.82) is 0 Å². The van der Waals surface area contributed by atoms with E-state index in [1.807, 2.05) is 27.7 Å². The summed E-state index contributed by atoms with van der Waals surface area (Å²) in [6, 6.07) is 4.91. The van der Waals surface area contributed by atoms with Gasteiger partial charge in [0.2, 0.25) is 0 Å². The molecule has 0 radical (unpaired) electrons. The summed E-state index contributed by atoms with van der Waals surface area (Å²) < 4.78 is 21.6. The molecule has 1 aromatic carbocycles. The standard InChI is InChI=1S/C25H36O8/c1-14(2)12-32-23(27)21-17(26)11-25(5,29)22(24(28)33-13-15(3)4)20(21)16-8-9-18(30-6)19(10-16)31-7/h8-10,14-15,20-22,29H,11-13H2,1-7H3/t20-,21+,22+,25-/m0/s1. The highest BCUT2D eigenvalue weighted by atomic mass is 16.5. The number of methoxy groups -OCH3 is 2. The second-order valence-electron chi connectivity index (χ2n) is 9.64. The van der Waals surface area contributed by atoms with E-state index in [0.29, 0.717) is 17.1 Å². The zero-order valence-corrected chi connectivity index (χ0v) is 20.5. The molecule has 1 saturated carbocycles. The highest BCUT2D eigenvalue weighted by molar-refractivity contribution is 6.02. The number of carbonyl (C=O) groups excluding carboxylic acids is 3. The minimum Gasteiger partial charge on any atom is -0.493 e. The third-order valence-corrected chi connectivity index (χ3v) is 5.69. The van der Waals surface area contributed by atoms with Crippen LogP contribution in [0.4, 0.5) is 0 Å². The molecule has 8 nitrogen and oxygen atoms in total. The zero-order chi connectivity index (χ0) is 24.9. The van der Waals surface area contributed by atoms with Crippen LogP contribution >= 0.6 is 0 Å². The predicted octanol–water partition coefficient (Wildman–Crippen LogP) is 3.14. The van der Waals surface area contributed by atoms with Gasteiger partial charge in [0.25, 0.3) is 0 Å². The second-order valence-corrected chi connectivity index (χ2v) is 9.64. The van der Waals surface area contributed by atoms with Gasteiger partial charge in [-0.1, -0.05) is 33.8 Å². The number of Topliss-reactive ketones (excluding diaryl/α,β-unsaturated/α-hetero) is 1. The molecule has 0 saturated heterocycles.